The molecule has 0 amide bonds. The maximum atomic E-state index is 12.8. The van der Waals surface area contributed by atoms with E-state index < -0.39 is 75.7 Å². The Labute approximate surface area is 403 Å². The smallest absolute Gasteiger partial charge is 0.462 e. The molecule has 0 spiro atoms. The first-order chi connectivity index (χ1) is 32.4. The lowest BCUT2D eigenvalue weighted by atomic mass is 9.85. The van der Waals surface area contributed by atoms with Gasteiger partial charge in [0.15, 0.2) is 6.10 Å². The van der Waals surface area contributed by atoms with E-state index in [4.69, 9.17) is 18.5 Å². The van der Waals surface area contributed by atoms with Gasteiger partial charge in [0, 0.05) is 6.42 Å². The van der Waals surface area contributed by atoms with Crippen LogP contribution in [0.3, 0.4) is 0 Å². The van der Waals surface area contributed by atoms with Crippen LogP contribution in [-0.2, 0) is 32.7 Å². The Morgan fingerprint density at radius 2 is 0.896 bits per heavy atom. The van der Waals surface area contributed by atoms with Crippen molar-refractivity contribution in [2.45, 2.75) is 224 Å². The fraction of sp³-hybridized carbons (Fsp3) is 0.698. The zero-order chi connectivity index (χ0) is 49.2. The molecule has 1 saturated carbocycles. The second-order valence-electron chi connectivity index (χ2n) is 17.3. The number of hydrogen-bond donors (Lipinski definition) is 6. The SMILES string of the molecule is CC/C=C\C/C=C\C/C=C\C/C=C\C/C=C\CC(=O)OC(COC(=O)CCCCCCCCCCCCC/C=C\C/C=C\CCCCCCC)COP(=O)(O)OC1C(O)C(O)C(O)C(O)C1O. The summed E-state index contributed by atoms with van der Waals surface area (Å²) in [6, 6.07) is 0. The van der Waals surface area contributed by atoms with E-state index in [1.54, 1.807) is 12.2 Å². The summed E-state index contributed by atoms with van der Waals surface area (Å²) in [4.78, 5) is 35.7. The van der Waals surface area contributed by atoms with Crippen molar-refractivity contribution < 1.29 is 63.1 Å². The molecule has 0 aromatic heterocycles. The number of phosphoric acid groups is 1. The third-order valence-corrected chi connectivity index (χ3v) is 12.2. The summed E-state index contributed by atoms with van der Waals surface area (Å²) in [5.74, 6) is -1.25. The monoisotopic (exact) mass is 965 g/mol. The summed E-state index contributed by atoms with van der Waals surface area (Å²) < 4.78 is 33.5. The highest BCUT2D eigenvalue weighted by atomic mass is 31.2. The van der Waals surface area contributed by atoms with Crippen LogP contribution in [0.25, 0.3) is 0 Å². The number of ether oxygens (including phenoxy) is 2. The van der Waals surface area contributed by atoms with Gasteiger partial charge in [0.25, 0.3) is 0 Å². The molecule has 0 aromatic carbocycles. The quantitative estimate of drug-likeness (QED) is 0.0146. The Hall–Kier alpha value is -2.97. The van der Waals surface area contributed by atoms with Gasteiger partial charge in [0.05, 0.1) is 13.0 Å². The molecule has 0 saturated heterocycles. The summed E-state index contributed by atoms with van der Waals surface area (Å²) in [5, 5.41) is 50.2. The number of unbranched alkanes of at least 4 members (excludes halogenated alkanes) is 16. The van der Waals surface area contributed by atoms with E-state index in [0.717, 1.165) is 64.2 Å². The van der Waals surface area contributed by atoms with E-state index >= 15 is 0 Å². The first-order valence-electron chi connectivity index (χ1n) is 25.4. The summed E-state index contributed by atoms with van der Waals surface area (Å²) in [6.07, 6.45) is 42.4. The predicted molar refractivity (Wildman–Crippen MR) is 267 cm³/mol. The Morgan fingerprint density at radius 1 is 0.493 bits per heavy atom. The molecule has 384 valence electrons. The molecule has 0 heterocycles. The normalized spacial score (nSPS) is 21.9. The van der Waals surface area contributed by atoms with Crippen LogP contribution in [0.15, 0.2) is 85.1 Å². The van der Waals surface area contributed by atoms with Gasteiger partial charge in [0.1, 0.15) is 43.2 Å². The van der Waals surface area contributed by atoms with Crippen molar-refractivity contribution in [3.63, 3.8) is 0 Å². The number of rotatable bonds is 41. The largest absolute Gasteiger partial charge is 0.472 e. The molecule has 1 rings (SSSR count). The van der Waals surface area contributed by atoms with Crippen molar-refractivity contribution in [2.24, 2.45) is 0 Å². The van der Waals surface area contributed by atoms with Crippen molar-refractivity contribution in [3.05, 3.63) is 85.1 Å². The van der Waals surface area contributed by atoms with Crippen LogP contribution >= 0.6 is 7.82 Å². The van der Waals surface area contributed by atoms with E-state index in [1.807, 2.05) is 12.2 Å². The molecule has 0 bridgehead atoms. The van der Waals surface area contributed by atoms with Crippen molar-refractivity contribution in [3.8, 4) is 0 Å². The minimum atomic E-state index is -5.15. The van der Waals surface area contributed by atoms with Crippen LogP contribution in [0.1, 0.15) is 181 Å². The average molecular weight is 965 g/mol. The standard InChI is InChI=1S/C53H89O13P/c1-3-5-7-9-11-13-15-17-19-20-21-22-23-24-25-26-28-29-31-33-35-37-39-41-46(54)63-43-45(44-64-67(61,62)66-53-51(59)49(57)48(56)50(58)52(53)60)65-47(55)42-40-38-36-34-32-30-27-18-16-14-12-10-8-6-4-2/h6,8,12,14-15,17-18,20-21,27,32,34,38,40,45,48-53,56-60H,3-5,7,9-11,13,16,19,22-26,28-31,33,35-37,39,41-44H2,1-2H3,(H,61,62)/b8-6-,14-12-,17-15-,21-20-,27-18-,34-32-,40-38-. The number of allylic oxidation sites excluding steroid dienone is 13. The topological polar surface area (TPSA) is 210 Å². The van der Waals surface area contributed by atoms with Gasteiger partial charge in [0.2, 0.25) is 0 Å². The Balaban J connectivity index is 2.42. The van der Waals surface area contributed by atoms with E-state index in [1.165, 1.54) is 77.0 Å². The molecular formula is C53H89O13P. The first kappa shape index (κ1) is 62.0. The lowest BCUT2D eigenvalue weighted by Gasteiger charge is -2.41. The van der Waals surface area contributed by atoms with Gasteiger partial charge >= 0.3 is 19.8 Å². The molecule has 6 unspecified atom stereocenters. The second-order valence-corrected chi connectivity index (χ2v) is 18.7. The van der Waals surface area contributed by atoms with Crippen molar-refractivity contribution in [1.82, 2.24) is 0 Å². The van der Waals surface area contributed by atoms with Crippen molar-refractivity contribution >= 4 is 19.8 Å². The van der Waals surface area contributed by atoms with Crippen LogP contribution in [0.2, 0.25) is 0 Å². The van der Waals surface area contributed by atoms with E-state index in [-0.39, 0.29) is 12.8 Å². The zero-order valence-electron chi connectivity index (χ0n) is 40.9. The summed E-state index contributed by atoms with van der Waals surface area (Å²) in [7, 11) is -5.15. The van der Waals surface area contributed by atoms with Gasteiger partial charge in [-0.2, -0.15) is 0 Å². The lowest BCUT2D eigenvalue weighted by molar-refractivity contribution is -0.220. The second kappa shape index (κ2) is 42.0. The molecule has 1 fully saturated rings. The number of phosphoric ester groups is 1. The number of aliphatic hydroxyl groups is 5. The van der Waals surface area contributed by atoms with Crippen LogP contribution < -0.4 is 0 Å². The van der Waals surface area contributed by atoms with E-state index in [0.29, 0.717) is 12.8 Å². The fourth-order valence-corrected chi connectivity index (χ4v) is 8.19. The highest BCUT2D eigenvalue weighted by molar-refractivity contribution is 7.47. The molecule has 6 atom stereocenters. The number of aliphatic hydroxyl groups excluding tert-OH is 5. The van der Waals surface area contributed by atoms with Crippen molar-refractivity contribution in [1.29, 1.82) is 0 Å². The molecule has 1 aliphatic carbocycles. The predicted octanol–water partition coefficient (Wildman–Crippen LogP) is 10.8. The van der Waals surface area contributed by atoms with Gasteiger partial charge in [-0.1, -0.05) is 182 Å². The molecule has 14 heteroatoms. The first-order valence-corrected chi connectivity index (χ1v) is 26.9. The third-order valence-electron chi connectivity index (χ3n) is 11.3. The van der Waals surface area contributed by atoms with Gasteiger partial charge < -0.3 is 39.9 Å². The summed E-state index contributed by atoms with van der Waals surface area (Å²) in [6.45, 7) is 3.09. The van der Waals surface area contributed by atoms with E-state index in [9.17, 15) is 44.6 Å². The number of esters is 2. The van der Waals surface area contributed by atoms with Crippen LogP contribution in [0.5, 0.6) is 0 Å². The van der Waals surface area contributed by atoms with Crippen LogP contribution in [-0.4, -0.2) is 98.3 Å². The molecule has 13 nitrogen and oxygen atoms in total. The fourth-order valence-electron chi connectivity index (χ4n) is 7.22. The summed E-state index contributed by atoms with van der Waals surface area (Å²) in [5.41, 5.74) is 0. The Morgan fingerprint density at radius 3 is 1.37 bits per heavy atom. The lowest BCUT2D eigenvalue weighted by Crippen LogP contribution is -2.64. The zero-order valence-corrected chi connectivity index (χ0v) is 41.8. The highest BCUT2D eigenvalue weighted by Gasteiger charge is 2.51. The van der Waals surface area contributed by atoms with Crippen LogP contribution in [0.4, 0.5) is 0 Å². The van der Waals surface area contributed by atoms with Crippen molar-refractivity contribution in [2.75, 3.05) is 13.2 Å². The molecular weight excluding hydrogens is 876 g/mol. The number of hydrogen-bond acceptors (Lipinski definition) is 12. The van der Waals surface area contributed by atoms with Gasteiger partial charge in [-0.3, -0.25) is 18.6 Å². The molecule has 1 aliphatic rings. The Kier molecular flexibility index (Phi) is 38.9. The maximum Gasteiger partial charge on any atom is 0.472 e. The molecule has 0 aromatic rings. The molecule has 0 radical (unpaired) electrons. The minimum Gasteiger partial charge on any atom is -0.462 e. The Bertz CT molecular complexity index is 1490. The number of carbonyl (C=O) groups is 2. The van der Waals surface area contributed by atoms with Gasteiger partial charge in [-0.15, -0.1) is 0 Å². The van der Waals surface area contributed by atoms with Gasteiger partial charge in [-0.25, -0.2) is 4.57 Å². The minimum absolute atomic E-state index is 0.139. The summed E-state index contributed by atoms with van der Waals surface area (Å²) >= 11 is 0. The van der Waals surface area contributed by atoms with Gasteiger partial charge in [-0.05, 0) is 70.6 Å². The molecule has 0 aliphatic heterocycles. The van der Waals surface area contributed by atoms with E-state index in [2.05, 4.69) is 74.6 Å². The highest BCUT2D eigenvalue weighted by Crippen LogP contribution is 2.47. The third kappa shape index (κ3) is 34.1. The number of carbonyl (C=O) groups excluding carboxylic acids is 2. The maximum absolute atomic E-state index is 12.8. The molecule has 6 N–H and O–H groups in total. The van der Waals surface area contributed by atoms with Crippen LogP contribution in [0, 0.1) is 0 Å². The molecule has 67 heavy (non-hydrogen) atoms. The average Bonchev–Trinajstić information content (AvgIpc) is 3.31.